The second-order valence-electron chi connectivity index (χ2n) is 4.93. The number of ether oxygens (including phenoxy) is 1. The molecule has 0 aromatic heterocycles. The largest absolute Gasteiger partial charge is 0.374 e. The second-order valence-corrected chi connectivity index (χ2v) is 6.04. The Hall–Kier alpha value is -0.0200. The van der Waals surface area contributed by atoms with E-state index < -0.39 is 0 Å². The fourth-order valence-electron chi connectivity index (χ4n) is 2.65. The summed E-state index contributed by atoms with van der Waals surface area (Å²) in [5.74, 6) is 3.47. The maximum Gasteiger partial charge on any atom is 0.129 e. The van der Waals surface area contributed by atoms with E-state index in [1.807, 2.05) is 11.8 Å². The molecule has 0 bridgehead atoms. The Labute approximate surface area is 96.1 Å². The van der Waals surface area contributed by atoms with Crippen molar-refractivity contribution in [2.24, 2.45) is 5.92 Å². The molecule has 0 radical (unpaired) electrons. The lowest BCUT2D eigenvalue weighted by Gasteiger charge is -2.37. The molecule has 1 spiro atoms. The topological polar surface area (TPSA) is 26.3 Å². The minimum atomic E-state index is 0.185. The summed E-state index contributed by atoms with van der Waals surface area (Å²) in [6.45, 7) is 2.60. The normalized spacial score (nSPS) is 35.9. The molecular formula is C12H20O2S. The van der Waals surface area contributed by atoms with Crippen LogP contribution in [0.15, 0.2) is 0 Å². The van der Waals surface area contributed by atoms with Crippen molar-refractivity contribution >= 4 is 17.5 Å². The molecule has 2 heterocycles. The van der Waals surface area contributed by atoms with E-state index in [-0.39, 0.29) is 5.60 Å². The average Bonchev–Trinajstić information content (AvgIpc) is 2.63. The molecule has 2 fully saturated rings. The number of ketones is 1. The highest BCUT2D eigenvalue weighted by Gasteiger charge is 2.40. The number of thioether (sulfide) groups is 1. The molecule has 0 aliphatic carbocycles. The molecule has 2 rings (SSSR count). The van der Waals surface area contributed by atoms with Gasteiger partial charge in [0.1, 0.15) is 5.78 Å². The summed E-state index contributed by atoms with van der Waals surface area (Å²) in [4.78, 5) is 11.0. The Morgan fingerprint density at radius 3 is 3.13 bits per heavy atom. The van der Waals surface area contributed by atoms with Gasteiger partial charge in [-0.25, -0.2) is 0 Å². The van der Waals surface area contributed by atoms with Crippen LogP contribution in [0.2, 0.25) is 0 Å². The summed E-state index contributed by atoms with van der Waals surface area (Å²) in [6.07, 6.45) is 5.39. The van der Waals surface area contributed by atoms with Crippen LogP contribution in [0.4, 0.5) is 0 Å². The maximum atomic E-state index is 11.0. The monoisotopic (exact) mass is 228 g/mol. The van der Waals surface area contributed by atoms with E-state index >= 15 is 0 Å². The Bertz CT molecular complexity index is 234. The van der Waals surface area contributed by atoms with Gasteiger partial charge in [0.25, 0.3) is 0 Å². The first-order valence-electron chi connectivity index (χ1n) is 5.91. The summed E-state index contributed by atoms with van der Waals surface area (Å²) in [5, 5.41) is 0. The van der Waals surface area contributed by atoms with E-state index in [1.54, 1.807) is 6.92 Å². The van der Waals surface area contributed by atoms with E-state index in [0.29, 0.717) is 5.78 Å². The number of carbonyl (C=O) groups excluding carboxylic acids is 1. The van der Waals surface area contributed by atoms with Gasteiger partial charge in [-0.3, -0.25) is 0 Å². The molecule has 15 heavy (non-hydrogen) atoms. The Morgan fingerprint density at radius 2 is 2.47 bits per heavy atom. The minimum absolute atomic E-state index is 0.185. The molecule has 2 nitrogen and oxygen atoms in total. The quantitative estimate of drug-likeness (QED) is 0.743. The smallest absolute Gasteiger partial charge is 0.129 e. The first-order valence-corrected chi connectivity index (χ1v) is 7.07. The second kappa shape index (κ2) is 4.88. The van der Waals surface area contributed by atoms with E-state index in [9.17, 15) is 4.79 Å². The zero-order chi connectivity index (χ0) is 10.7. The predicted octanol–water partition coefficient (Wildman–Crippen LogP) is 2.66. The van der Waals surface area contributed by atoms with Gasteiger partial charge >= 0.3 is 0 Å². The van der Waals surface area contributed by atoms with Gasteiger partial charge in [0.05, 0.1) is 5.60 Å². The summed E-state index contributed by atoms with van der Waals surface area (Å²) < 4.78 is 5.96. The van der Waals surface area contributed by atoms with Gasteiger partial charge in [-0.15, -0.1) is 0 Å². The van der Waals surface area contributed by atoms with Crippen molar-refractivity contribution in [2.45, 2.75) is 44.6 Å². The lowest BCUT2D eigenvalue weighted by molar-refractivity contribution is -0.118. The highest BCUT2D eigenvalue weighted by molar-refractivity contribution is 7.99. The van der Waals surface area contributed by atoms with Crippen LogP contribution in [-0.4, -0.2) is 29.5 Å². The predicted molar refractivity (Wildman–Crippen MR) is 63.3 cm³/mol. The van der Waals surface area contributed by atoms with E-state index in [0.717, 1.165) is 31.8 Å². The van der Waals surface area contributed by atoms with Crippen molar-refractivity contribution in [3.8, 4) is 0 Å². The van der Waals surface area contributed by atoms with Crippen LogP contribution in [0.1, 0.15) is 39.0 Å². The molecule has 0 saturated carbocycles. The van der Waals surface area contributed by atoms with E-state index in [2.05, 4.69) is 0 Å². The van der Waals surface area contributed by atoms with Gasteiger partial charge in [-0.2, -0.15) is 11.8 Å². The third-order valence-corrected chi connectivity index (χ3v) is 4.79. The maximum absolute atomic E-state index is 11.0. The van der Waals surface area contributed by atoms with Gasteiger partial charge < -0.3 is 9.53 Å². The van der Waals surface area contributed by atoms with Crippen molar-refractivity contribution in [3.63, 3.8) is 0 Å². The van der Waals surface area contributed by atoms with Crippen molar-refractivity contribution in [3.05, 3.63) is 0 Å². The van der Waals surface area contributed by atoms with E-state index in [1.165, 1.54) is 24.3 Å². The molecular weight excluding hydrogens is 208 g/mol. The van der Waals surface area contributed by atoms with Gasteiger partial charge in [0.2, 0.25) is 0 Å². The first-order chi connectivity index (χ1) is 7.20. The van der Waals surface area contributed by atoms with Crippen molar-refractivity contribution in [2.75, 3.05) is 18.1 Å². The molecule has 2 aliphatic rings. The lowest BCUT2D eigenvalue weighted by atomic mass is 9.83. The minimum Gasteiger partial charge on any atom is -0.374 e. The summed E-state index contributed by atoms with van der Waals surface area (Å²) in [6, 6.07) is 0. The molecule has 2 saturated heterocycles. The molecule has 2 unspecified atom stereocenters. The number of hydrogen-bond donors (Lipinski definition) is 0. The standard InChI is InChI=1S/C12H20O2S/c1-10(13)2-3-11-4-6-14-12(8-11)5-7-15-9-12/h11H,2-9H2,1H3. The lowest BCUT2D eigenvalue weighted by Crippen LogP contribution is -2.39. The molecule has 0 amide bonds. The highest BCUT2D eigenvalue weighted by atomic mass is 32.2. The summed E-state index contributed by atoms with van der Waals surface area (Å²) in [5.41, 5.74) is 0.185. The molecule has 2 atom stereocenters. The zero-order valence-corrected chi connectivity index (χ0v) is 10.3. The third-order valence-electron chi connectivity index (χ3n) is 3.57. The Balaban J connectivity index is 1.84. The van der Waals surface area contributed by atoms with Crippen LogP contribution in [0.5, 0.6) is 0 Å². The van der Waals surface area contributed by atoms with Crippen molar-refractivity contribution < 1.29 is 9.53 Å². The summed E-state index contributed by atoms with van der Waals surface area (Å²) in [7, 11) is 0. The number of rotatable bonds is 3. The van der Waals surface area contributed by atoms with Crippen LogP contribution < -0.4 is 0 Å². The molecule has 0 aromatic carbocycles. The number of hydrogen-bond acceptors (Lipinski definition) is 3. The summed E-state index contributed by atoms with van der Waals surface area (Å²) >= 11 is 2.01. The molecule has 0 aromatic rings. The number of carbonyl (C=O) groups is 1. The van der Waals surface area contributed by atoms with Crippen LogP contribution >= 0.6 is 11.8 Å². The zero-order valence-electron chi connectivity index (χ0n) is 9.46. The van der Waals surface area contributed by atoms with Crippen LogP contribution in [0.3, 0.4) is 0 Å². The van der Waals surface area contributed by atoms with E-state index in [4.69, 9.17) is 4.74 Å². The third kappa shape index (κ3) is 2.97. The molecule has 2 aliphatic heterocycles. The first kappa shape index (κ1) is 11.5. The van der Waals surface area contributed by atoms with Crippen LogP contribution in [0.25, 0.3) is 0 Å². The molecule has 0 N–H and O–H groups in total. The SMILES string of the molecule is CC(=O)CCC1CCOC2(CCSC2)C1. The van der Waals surface area contributed by atoms with Gasteiger partial charge in [0, 0.05) is 18.8 Å². The molecule has 86 valence electrons. The van der Waals surface area contributed by atoms with Crippen LogP contribution in [-0.2, 0) is 9.53 Å². The van der Waals surface area contributed by atoms with Gasteiger partial charge in [-0.1, -0.05) is 0 Å². The van der Waals surface area contributed by atoms with Gasteiger partial charge in [-0.05, 0) is 44.3 Å². The Morgan fingerprint density at radius 1 is 1.60 bits per heavy atom. The Kier molecular flexibility index (Phi) is 3.73. The molecule has 3 heteroatoms. The fraction of sp³-hybridized carbons (Fsp3) is 0.917. The average molecular weight is 228 g/mol. The fourth-order valence-corrected chi connectivity index (χ4v) is 4.02. The highest BCUT2D eigenvalue weighted by Crippen LogP contribution is 2.41. The van der Waals surface area contributed by atoms with Crippen LogP contribution in [0, 0.1) is 5.92 Å². The number of Topliss-reactive ketones (excluding diaryl/α,β-unsaturated/α-hetero) is 1. The van der Waals surface area contributed by atoms with Crippen molar-refractivity contribution in [1.29, 1.82) is 0 Å². The van der Waals surface area contributed by atoms with Crippen molar-refractivity contribution in [1.82, 2.24) is 0 Å². The van der Waals surface area contributed by atoms with Gasteiger partial charge in [0.15, 0.2) is 0 Å².